The van der Waals surface area contributed by atoms with Crippen LogP contribution in [0.15, 0.2) is 48.6 Å². The largest absolute Gasteiger partial charge is 0.497 e. The fraction of sp³-hybridized carbons (Fsp3) is 0.476. The molecule has 1 unspecified atom stereocenters. The van der Waals surface area contributed by atoms with Crippen molar-refractivity contribution >= 4 is 5.78 Å². The molecule has 0 N–H and O–H groups in total. The van der Waals surface area contributed by atoms with Gasteiger partial charge in [-0.2, -0.15) is 0 Å². The number of ether oxygens (including phenoxy) is 2. The van der Waals surface area contributed by atoms with Crippen LogP contribution >= 0.6 is 0 Å². The van der Waals surface area contributed by atoms with E-state index in [0.717, 1.165) is 38.0 Å². The zero-order valence-electron chi connectivity index (χ0n) is 14.8. The molecule has 0 aliphatic heterocycles. The summed E-state index contributed by atoms with van der Waals surface area (Å²) in [5.41, 5.74) is 1.21. The molecule has 0 saturated heterocycles. The van der Waals surface area contributed by atoms with Gasteiger partial charge in [-0.3, -0.25) is 4.79 Å². The Kier molecular flexibility index (Phi) is 7.26. The van der Waals surface area contributed by atoms with Crippen LogP contribution in [-0.2, 0) is 16.1 Å². The summed E-state index contributed by atoms with van der Waals surface area (Å²) in [6.45, 7) is 3.58. The highest BCUT2D eigenvalue weighted by molar-refractivity contribution is 5.93. The van der Waals surface area contributed by atoms with Gasteiger partial charge in [0.2, 0.25) is 0 Å². The number of carbonyl (C=O) groups is 1. The van der Waals surface area contributed by atoms with Crippen molar-refractivity contribution in [3.63, 3.8) is 0 Å². The van der Waals surface area contributed by atoms with Crippen LogP contribution in [0.2, 0.25) is 0 Å². The highest BCUT2D eigenvalue weighted by atomic mass is 16.5. The third-order valence-electron chi connectivity index (χ3n) is 4.34. The normalized spacial score (nSPS) is 20.2. The Morgan fingerprint density at radius 3 is 2.62 bits per heavy atom. The summed E-state index contributed by atoms with van der Waals surface area (Å²) in [5.74, 6) is 1.12. The lowest BCUT2D eigenvalue weighted by atomic mass is 9.86. The third kappa shape index (κ3) is 6.32. The topological polar surface area (TPSA) is 35.5 Å². The molecule has 0 heterocycles. The second-order valence-corrected chi connectivity index (χ2v) is 6.70. The maximum atomic E-state index is 11.3. The van der Waals surface area contributed by atoms with Gasteiger partial charge in [-0.15, -0.1) is 0 Å². The van der Waals surface area contributed by atoms with E-state index in [1.807, 2.05) is 30.3 Å². The maximum Gasteiger partial charge on any atom is 0.156 e. The minimum atomic E-state index is 0.0368. The Hall–Kier alpha value is -1.87. The van der Waals surface area contributed by atoms with E-state index in [2.05, 4.69) is 19.1 Å². The Morgan fingerprint density at radius 2 is 1.96 bits per heavy atom. The van der Waals surface area contributed by atoms with Crippen LogP contribution in [0.4, 0.5) is 0 Å². The number of hydrogen-bond donors (Lipinski definition) is 0. The summed E-state index contributed by atoms with van der Waals surface area (Å²) in [4.78, 5) is 11.3. The van der Waals surface area contributed by atoms with E-state index in [9.17, 15) is 4.79 Å². The average molecular weight is 328 g/mol. The Labute approximate surface area is 145 Å². The molecule has 24 heavy (non-hydrogen) atoms. The lowest BCUT2D eigenvalue weighted by Crippen LogP contribution is -2.10. The number of carbonyl (C=O) groups excluding carboxylic acids is 1. The summed E-state index contributed by atoms with van der Waals surface area (Å²) < 4.78 is 10.8. The van der Waals surface area contributed by atoms with Crippen LogP contribution in [0.5, 0.6) is 5.75 Å². The average Bonchev–Trinajstić information content (AvgIpc) is 2.93. The first kappa shape index (κ1) is 18.5. The SMILES string of the molecule is COc1ccc(COCCCC/C=C\CC2(C)C=CC(=O)C2)cc1. The molecule has 0 fully saturated rings. The van der Waals surface area contributed by atoms with E-state index in [-0.39, 0.29) is 11.2 Å². The van der Waals surface area contributed by atoms with Crippen molar-refractivity contribution in [2.75, 3.05) is 13.7 Å². The fourth-order valence-corrected chi connectivity index (χ4v) is 2.80. The van der Waals surface area contributed by atoms with Crippen LogP contribution in [0.1, 0.15) is 44.6 Å². The number of hydrogen-bond acceptors (Lipinski definition) is 3. The lowest BCUT2D eigenvalue weighted by Gasteiger charge is -2.17. The quantitative estimate of drug-likeness (QED) is 0.454. The van der Waals surface area contributed by atoms with Gasteiger partial charge in [0.15, 0.2) is 5.78 Å². The minimum Gasteiger partial charge on any atom is -0.497 e. The molecular formula is C21H28O3. The van der Waals surface area contributed by atoms with Crippen LogP contribution in [0.25, 0.3) is 0 Å². The highest BCUT2D eigenvalue weighted by Gasteiger charge is 2.27. The van der Waals surface area contributed by atoms with Gasteiger partial charge >= 0.3 is 0 Å². The summed E-state index contributed by atoms with van der Waals surface area (Å²) >= 11 is 0. The molecule has 2 rings (SSSR count). The molecule has 1 aliphatic rings. The highest BCUT2D eigenvalue weighted by Crippen LogP contribution is 2.33. The van der Waals surface area contributed by atoms with Gasteiger partial charge < -0.3 is 9.47 Å². The number of rotatable bonds is 10. The van der Waals surface area contributed by atoms with E-state index < -0.39 is 0 Å². The van der Waals surface area contributed by atoms with Gasteiger partial charge in [-0.25, -0.2) is 0 Å². The number of allylic oxidation sites excluding steroid dienone is 4. The molecule has 1 atom stereocenters. The van der Waals surface area contributed by atoms with E-state index >= 15 is 0 Å². The molecule has 3 nitrogen and oxygen atoms in total. The lowest BCUT2D eigenvalue weighted by molar-refractivity contribution is -0.115. The molecule has 0 saturated carbocycles. The predicted octanol–water partition coefficient (Wildman–Crippen LogP) is 4.86. The third-order valence-corrected chi connectivity index (χ3v) is 4.34. The van der Waals surface area contributed by atoms with Crippen molar-refractivity contribution in [2.45, 2.75) is 45.6 Å². The molecule has 1 aliphatic carbocycles. The van der Waals surface area contributed by atoms with Gasteiger partial charge in [0.1, 0.15) is 5.75 Å². The molecule has 1 aromatic carbocycles. The van der Waals surface area contributed by atoms with Gasteiger partial charge in [-0.1, -0.05) is 37.3 Å². The molecular weight excluding hydrogens is 300 g/mol. The molecule has 0 radical (unpaired) electrons. The Morgan fingerprint density at radius 1 is 1.17 bits per heavy atom. The molecule has 1 aromatic rings. The number of methoxy groups -OCH3 is 1. The first-order valence-corrected chi connectivity index (χ1v) is 8.69. The van der Waals surface area contributed by atoms with Crippen LogP contribution < -0.4 is 4.74 Å². The minimum absolute atomic E-state index is 0.0368. The van der Waals surface area contributed by atoms with Crippen LogP contribution in [0, 0.1) is 5.41 Å². The van der Waals surface area contributed by atoms with Crippen LogP contribution in [-0.4, -0.2) is 19.5 Å². The second-order valence-electron chi connectivity index (χ2n) is 6.70. The zero-order valence-corrected chi connectivity index (χ0v) is 14.8. The van der Waals surface area contributed by atoms with Gasteiger partial charge in [-0.05, 0) is 54.9 Å². The summed E-state index contributed by atoms with van der Waals surface area (Å²) in [5, 5.41) is 0. The standard InChI is InChI=1S/C21H28O3/c1-21(14-12-19(22)16-21)13-6-4-3-5-7-15-24-17-18-8-10-20(23-2)11-9-18/h4,6,8-12,14H,3,5,7,13,15-17H2,1-2H3/b6-4-. The number of ketones is 1. The van der Waals surface area contributed by atoms with Crippen molar-refractivity contribution in [1.29, 1.82) is 0 Å². The first-order chi connectivity index (χ1) is 11.6. The van der Waals surface area contributed by atoms with Crippen molar-refractivity contribution in [3.8, 4) is 5.75 Å². The molecule has 0 bridgehead atoms. The monoisotopic (exact) mass is 328 g/mol. The van der Waals surface area contributed by atoms with Crippen molar-refractivity contribution in [2.24, 2.45) is 5.41 Å². The van der Waals surface area contributed by atoms with E-state index in [1.165, 1.54) is 5.56 Å². The predicted molar refractivity (Wildman–Crippen MR) is 97.1 cm³/mol. The molecule has 0 aromatic heterocycles. The van der Waals surface area contributed by atoms with Crippen molar-refractivity contribution in [3.05, 3.63) is 54.1 Å². The molecule has 0 spiro atoms. The maximum absolute atomic E-state index is 11.3. The number of unbranched alkanes of at least 4 members (excludes halogenated alkanes) is 2. The summed E-state index contributed by atoms with van der Waals surface area (Å²) in [6.07, 6.45) is 13.1. The summed E-state index contributed by atoms with van der Waals surface area (Å²) in [7, 11) is 1.67. The fourth-order valence-electron chi connectivity index (χ4n) is 2.80. The van der Waals surface area contributed by atoms with Crippen molar-refractivity contribution < 1.29 is 14.3 Å². The van der Waals surface area contributed by atoms with E-state index in [0.29, 0.717) is 13.0 Å². The van der Waals surface area contributed by atoms with Gasteiger partial charge in [0.25, 0.3) is 0 Å². The molecule has 3 heteroatoms. The van der Waals surface area contributed by atoms with Gasteiger partial charge in [0.05, 0.1) is 13.7 Å². The molecule has 130 valence electrons. The first-order valence-electron chi connectivity index (χ1n) is 8.69. The van der Waals surface area contributed by atoms with Gasteiger partial charge in [0, 0.05) is 13.0 Å². The Balaban J connectivity index is 1.50. The molecule has 0 amide bonds. The van der Waals surface area contributed by atoms with E-state index in [1.54, 1.807) is 13.2 Å². The smallest absolute Gasteiger partial charge is 0.156 e. The number of benzene rings is 1. The zero-order chi connectivity index (χ0) is 17.3. The van der Waals surface area contributed by atoms with Crippen LogP contribution in [0.3, 0.4) is 0 Å². The van der Waals surface area contributed by atoms with E-state index in [4.69, 9.17) is 9.47 Å². The second kappa shape index (κ2) is 9.43. The Bertz CT molecular complexity index is 571. The summed E-state index contributed by atoms with van der Waals surface area (Å²) in [6, 6.07) is 7.98. The van der Waals surface area contributed by atoms with Crippen molar-refractivity contribution in [1.82, 2.24) is 0 Å².